The van der Waals surface area contributed by atoms with Gasteiger partial charge in [-0.05, 0) is 31.2 Å². The highest BCUT2D eigenvalue weighted by Crippen LogP contribution is 2.25. The second-order valence-electron chi connectivity index (χ2n) is 7.54. The largest absolute Gasteiger partial charge is 0.306 e. The number of aromatic nitrogens is 4. The van der Waals surface area contributed by atoms with Crippen molar-refractivity contribution in [2.75, 3.05) is 6.54 Å². The Morgan fingerprint density at radius 1 is 1.11 bits per heavy atom. The molecule has 0 unspecified atom stereocenters. The molecule has 2 aliphatic rings. The lowest BCUT2D eigenvalue weighted by Crippen LogP contribution is -2.30. The lowest BCUT2D eigenvalue weighted by molar-refractivity contribution is 0.245. The minimum Gasteiger partial charge on any atom is -0.306 e. The molecular weight excluding hydrogens is 338 g/mol. The number of fused-ring (bicyclic) bond motifs is 2. The van der Waals surface area contributed by atoms with Gasteiger partial charge in [0.25, 0.3) is 5.56 Å². The zero-order valence-electron chi connectivity index (χ0n) is 15.3. The lowest BCUT2D eigenvalue weighted by atomic mass is 9.96. The van der Waals surface area contributed by atoms with Gasteiger partial charge in [0.2, 0.25) is 0 Å². The van der Waals surface area contributed by atoms with Crippen molar-refractivity contribution < 1.29 is 0 Å². The summed E-state index contributed by atoms with van der Waals surface area (Å²) in [5, 5.41) is 7.25. The third kappa shape index (κ3) is 3.10. The van der Waals surface area contributed by atoms with E-state index >= 15 is 0 Å². The fourth-order valence-electron chi connectivity index (χ4n) is 4.28. The van der Waals surface area contributed by atoms with Gasteiger partial charge in [-0.15, -0.1) is 0 Å². The SMILES string of the molecule is O=c1[nH]c(-c2ccccc2CN2CCc3[nH]ncc3C2)nc2c1CCCC2. The number of nitrogens with zero attached hydrogens (tertiary/aromatic N) is 3. The van der Waals surface area contributed by atoms with Gasteiger partial charge >= 0.3 is 0 Å². The standard InChI is InChI=1S/C21H23N5O/c27-21-17-7-3-4-8-19(17)23-20(24-21)16-6-2-1-5-14(16)12-26-10-9-18-15(13-26)11-22-25-18/h1-2,5-6,11H,3-4,7-10,12-13H2,(H,22,25)(H,23,24,27). The molecule has 0 saturated heterocycles. The van der Waals surface area contributed by atoms with Gasteiger partial charge in [-0.1, -0.05) is 24.3 Å². The van der Waals surface area contributed by atoms with Crippen LogP contribution >= 0.6 is 0 Å². The van der Waals surface area contributed by atoms with E-state index in [1.54, 1.807) is 0 Å². The van der Waals surface area contributed by atoms with E-state index < -0.39 is 0 Å². The molecule has 6 nitrogen and oxygen atoms in total. The molecule has 2 aromatic heterocycles. The number of rotatable bonds is 3. The molecule has 3 heterocycles. The molecule has 5 rings (SSSR count). The van der Waals surface area contributed by atoms with Crippen LogP contribution in [0.15, 0.2) is 35.3 Å². The van der Waals surface area contributed by atoms with E-state index in [2.05, 4.69) is 38.3 Å². The molecule has 0 spiro atoms. The quantitative estimate of drug-likeness (QED) is 0.752. The van der Waals surface area contributed by atoms with Crippen molar-refractivity contribution in [3.05, 3.63) is 68.9 Å². The first kappa shape index (κ1) is 16.4. The lowest BCUT2D eigenvalue weighted by Gasteiger charge is -2.27. The highest BCUT2D eigenvalue weighted by molar-refractivity contribution is 5.60. The molecule has 138 valence electrons. The van der Waals surface area contributed by atoms with Crippen LogP contribution < -0.4 is 5.56 Å². The molecule has 1 aliphatic carbocycles. The Morgan fingerprint density at radius 3 is 2.96 bits per heavy atom. The Labute approximate surface area is 157 Å². The number of nitrogens with one attached hydrogen (secondary N) is 2. The van der Waals surface area contributed by atoms with Crippen LogP contribution in [0.5, 0.6) is 0 Å². The molecule has 1 aliphatic heterocycles. The molecule has 27 heavy (non-hydrogen) atoms. The summed E-state index contributed by atoms with van der Waals surface area (Å²) in [5.74, 6) is 0.706. The van der Waals surface area contributed by atoms with Gasteiger partial charge in [-0.25, -0.2) is 4.98 Å². The first-order valence-corrected chi connectivity index (χ1v) is 9.72. The van der Waals surface area contributed by atoms with E-state index in [1.807, 2.05) is 12.3 Å². The molecule has 6 heteroatoms. The third-order valence-corrected chi connectivity index (χ3v) is 5.74. The van der Waals surface area contributed by atoms with Gasteiger partial charge in [-0.3, -0.25) is 14.8 Å². The Balaban J connectivity index is 1.47. The Kier molecular flexibility index (Phi) is 4.13. The molecule has 0 amide bonds. The Hall–Kier alpha value is -2.73. The fraction of sp³-hybridized carbons (Fsp3) is 0.381. The number of hydrogen-bond donors (Lipinski definition) is 2. The van der Waals surface area contributed by atoms with Crippen LogP contribution in [0, 0.1) is 0 Å². The van der Waals surface area contributed by atoms with E-state index in [1.165, 1.54) is 16.8 Å². The van der Waals surface area contributed by atoms with E-state index in [9.17, 15) is 4.79 Å². The zero-order valence-corrected chi connectivity index (χ0v) is 15.3. The maximum atomic E-state index is 12.6. The topological polar surface area (TPSA) is 77.7 Å². The van der Waals surface area contributed by atoms with E-state index in [4.69, 9.17) is 4.98 Å². The average molecular weight is 361 g/mol. The maximum Gasteiger partial charge on any atom is 0.254 e. The van der Waals surface area contributed by atoms with Crippen LogP contribution in [-0.4, -0.2) is 31.6 Å². The first-order valence-electron chi connectivity index (χ1n) is 9.72. The molecule has 0 saturated carbocycles. The van der Waals surface area contributed by atoms with Crippen LogP contribution in [-0.2, 0) is 32.4 Å². The van der Waals surface area contributed by atoms with E-state index in [0.717, 1.165) is 68.6 Å². The van der Waals surface area contributed by atoms with Gasteiger partial charge in [-0.2, -0.15) is 5.10 Å². The normalized spacial score (nSPS) is 16.7. The highest BCUT2D eigenvalue weighted by Gasteiger charge is 2.21. The van der Waals surface area contributed by atoms with Crippen LogP contribution in [0.25, 0.3) is 11.4 Å². The number of hydrogen-bond acceptors (Lipinski definition) is 4. The van der Waals surface area contributed by atoms with E-state index in [0.29, 0.717) is 5.82 Å². The molecule has 0 radical (unpaired) electrons. The van der Waals surface area contributed by atoms with Crippen molar-refractivity contribution in [2.45, 2.75) is 45.2 Å². The molecule has 2 N–H and O–H groups in total. The number of H-pyrrole nitrogens is 2. The number of aryl methyl sites for hydroxylation is 1. The summed E-state index contributed by atoms with van der Waals surface area (Å²) in [6.07, 6.45) is 6.87. The van der Waals surface area contributed by atoms with Crippen molar-refractivity contribution in [1.29, 1.82) is 0 Å². The first-order chi connectivity index (χ1) is 13.3. The summed E-state index contributed by atoms with van der Waals surface area (Å²) in [7, 11) is 0. The smallest absolute Gasteiger partial charge is 0.254 e. The molecule has 1 aromatic carbocycles. The van der Waals surface area contributed by atoms with Crippen molar-refractivity contribution in [3.8, 4) is 11.4 Å². The van der Waals surface area contributed by atoms with Crippen LogP contribution in [0.1, 0.15) is 40.9 Å². The number of aromatic amines is 2. The van der Waals surface area contributed by atoms with Crippen molar-refractivity contribution in [3.63, 3.8) is 0 Å². The van der Waals surface area contributed by atoms with Crippen molar-refractivity contribution in [2.24, 2.45) is 0 Å². The van der Waals surface area contributed by atoms with Gasteiger partial charge in [0.05, 0.1) is 11.9 Å². The predicted molar refractivity (Wildman–Crippen MR) is 103 cm³/mol. The van der Waals surface area contributed by atoms with Crippen LogP contribution in [0.2, 0.25) is 0 Å². The summed E-state index contributed by atoms with van der Waals surface area (Å²) >= 11 is 0. The second kappa shape index (κ2) is 6.78. The average Bonchev–Trinajstić information content (AvgIpc) is 3.16. The number of benzene rings is 1. The summed E-state index contributed by atoms with van der Waals surface area (Å²) in [6, 6.07) is 8.28. The summed E-state index contributed by atoms with van der Waals surface area (Å²) in [5.41, 5.74) is 6.65. The summed E-state index contributed by atoms with van der Waals surface area (Å²) in [6.45, 7) is 2.73. The third-order valence-electron chi connectivity index (χ3n) is 5.74. The summed E-state index contributed by atoms with van der Waals surface area (Å²) in [4.78, 5) is 22.9. The fourth-order valence-corrected chi connectivity index (χ4v) is 4.28. The van der Waals surface area contributed by atoms with Crippen LogP contribution in [0.3, 0.4) is 0 Å². The molecular formula is C21H23N5O. The highest BCUT2D eigenvalue weighted by atomic mass is 16.1. The van der Waals surface area contributed by atoms with Gasteiger partial charge in [0.1, 0.15) is 5.82 Å². The molecule has 0 fully saturated rings. The maximum absolute atomic E-state index is 12.6. The predicted octanol–water partition coefficient (Wildman–Crippen LogP) is 2.60. The van der Waals surface area contributed by atoms with Gasteiger partial charge in [0.15, 0.2) is 0 Å². The molecule has 0 atom stereocenters. The second-order valence-corrected chi connectivity index (χ2v) is 7.54. The van der Waals surface area contributed by atoms with Crippen molar-refractivity contribution in [1.82, 2.24) is 25.1 Å². The van der Waals surface area contributed by atoms with E-state index in [-0.39, 0.29) is 5.56 Å². The molecule has 0 bridgehead atoms. The van der Waals surface area contributed by atoms with Crippen LogP contribution in [0.4, 0.5) is 0 Å². The zero-order chi connectivity index (χ0) is 18.2. The molecule has 3 aromatic rings. The van der Waals surface area contributed by atoms with Gasteiger partial charge in [0, 0.05) is 48.4 Å². The summed E-state index contributed by atoms with van der Waals surface area (Å²) < 4.78 is 0. The van der Waals surface area contributed by atoms with Gasteiger partial charge < -0.3 is 4.98 Å². The van der Waals surface area contributed by atoms with Crippen molar-refractivity contribution >= 4 is 0 Å². The minimum atomic E-state index is 0.0329. The monoisotopic (exact) mass is 361 g/mol. The Bertz CT molecular complexity index is 1040. The Morgan fingerprint density at radius 2 is 2.00 bits per heavy atom. The minimum absolute atomic E-state index is 0.0329.